The lowest BCUT2D eigenvalue weighted by Gasteiger charge is -2.41. The van der Waals surface area contributed by atoms with Crippen LogP contribution in [-0.4, -0.2) is 15.6 Å². The molecule has 4 aromatic carbocycles. The van der Waals surface area contributed by atoms with E-state index in [2.05, 4.69) is 125 Å². The quantitative estimate of drug-likeness (QED) is 0.243. The molecule has 0 fully saturated rings. The Morgan fingerprint density at radius 2 is 1.67 bits per heavy atom. The minimum Gasteiger partial charge on any atom is -0.387 e. The van der Waals surface area contributed by atoms with Crippen LogP contribution in [0.2, 0.25) is 0 Å². The number of rotatable bonds is 3. The van der Waals surface area contributed by atoms with Crippen molar-refractivity contribution in [1.29, 1.82) is 0 Å². The first-order valence-electron chi connectivity index (χ1n) is 15.1. The van der Waals surface area contributed by atoms with E-state index >= 15 is 0 Å². The maximum Gasteiger partial charge on any atom is 0.0843 e. The highest BCUT2D eigenvalue weighted by Gasteiger charge is 2.52. The topological polar surface area (TPSA) is 29.9 Å². The summed E-state index contributed by atoms with van der Waals surface area (Å²) in [5.41, 5.74) is 11.4. The lowest BCUT2D eigenvalue weighted by atomic mass is 9.66. The molecule has 9 rings (SSSR count). The smallest absolute Gasteiger partial charge is 0.0843 e. The summed E-state index contributed by atoms with van der Waals surface area (Å²) in [5.74, 6) is 0. The molecule has 2 aliphatic carbocycles. The van der Waals surface area contributed by atoms with E-state index in [0.29, 0.717) is 0 Å². The van der Waals surface area contributed by atoms with E-state index in [9.17, 15) is 0 Å². The maximum absolute atomic E-state index is 5.14. The Hall–Kier alpha value is -4.89. The predicted molar refractivity (Wildman–Crippen MR) is 173 cm³/mol. The molecule has 2 aromatic heterocycles. The molecular weight excluding hydrogens is 510 g/mol. The third-order valence-electron chi connectivity index (χ3n) is 9.77. The number of nitrogens with zero attached hydrogens (tertiary/aromatic N) is 2. The first kappa shape index (κ1) is 23.8. The van der Waals surface area contributed by atoms with Crippen molar-refractivity contribution in [3.8, 4) is 16.8 Å². The summed E-state index contributed by atoms with van der Waals surface area (Å²) in [6.07, 6.45) is 15.3. The molecule has 0 saturated heterocycles. The van der Waals surface area contributed by atoms with Gasteiger partial charge in [-0.2, -0.15) is 0 Å². The van der Waals surface area contributed by atoms with Gasteiger partial charge in [0.05, 0.1) is 16.6 Å². The minimum atomic E-state index is -0.415. The van der Waals surface area contributed by atoms with Crippen molar-refractivity contribution in [3.05, 3.63) is 150 Å². The van der Waals surface area contributed by atoms with Crippen LogP contribution in [0.25, 0.3) is 44.6 Å². The molecule has 0 amide bonds. The second kappa shape index (κ2) is 9.06. The number of pyridine rings is 1. The van der Waals surface area contributed by atoms with Crippen LogP contribution in [0.5, 0.6) is 0 Å². The Balaban J connectivity index is 1.44. The summed E-state index contributed by atoms with van der Waals surface area (Å²) >= 11 is 0. The van der Waals surface area contributed by atoms with Crippen LogP contribution in [0.15, 0.2) is 122 Å². The SMILES string of the molecule is C1=Cc2c(c3c4c(ccc3n2-c2ccc3ccccc3c2)-c2ccccc2C4(c2ccccn2)C2CCC=CN2)CC1. The fourth-order valence-electron chi connectivity index (χ4n) is 8.11. The van der Waals surface area contributed by atoms with Crippen molar-refractivity contribution < 1.29 is 0 Å². The first-order chi connectivity index (χ1) is 20.9. The average Bonchev–Trinajstić information content (AvgIpc) is 3.56. The van der Waals surface area contributed by atoms with Gasteiger partial charge in [0.15, 0.2) is 0 Å². The van der Waals surface area contributed by atoms with Gasteiger partial charge in [-0.3, -0.25) is 4.98 Å². The summed E-state index contributed by atoms with van der Waals surface area (Å²) in [4.78, 5) is 5.14. The number of aromatic nitrogens is 2. The Labute approximate surface area is 245 Å². The lowest BCUT2D eigenvalue weighted by molar-refractivity contribution is 0.393. The summed E-state index contributed by atoms with van der Waals surface area (Å²) in [6, 6.07) is 36.0. The Bertz CT molecular complexity index is 2080. The third kappa shape index (κ3) is 3.14. The molecule has 202 valence electrons. The van der Waals surface area contributed by atoms with Gasteiger partial charge in [0, 0.05) is 29.0 Å². The molecule has 42 heavy (non-hydrogen) atoms. The molecule has 3 heterocycles. The molecule has 1 aliphatic heterocycles. The minimum absolute atomic E-state index is 0.184. The average molecular weight is 542 g/mol. The molecule has 2 atom stereocenters. The van der Waals surface area contributed by atoms with Crippen LogP contribution in [0, 0.1) is 0 Å². The number of benzene rings is 4. The molecule has 0 spiro atoms. The molecule has 3 nitrogen and oxygen atoms in total. The van der Waals surface area contributed by atoms with Gasteiger partial charge in [-0.05, 0) is 107 Å². The van der Waals surface area contributed by atoms with Crippen LogP contribution in [-0.2, 0) is 11.8 Å². The van der Waals surface area contributed by atoms with Gasteiger partial charge in [-0.1, -0.05) is 78.9 Å². The summed E-state index contributed by atoms with van der Waals surface area (Å²) in [6.45, 7) is 0. The van der Waals surface area contributed by atoms with Gasteiger partial charge in [-0.25, -0.2) is 0 Å². The van der Waals surface area contributed by atoms with Gasteiger partial charge in [-0.15, -0.1) is 0 Å². The Kier molecular flexibility index (Phi) is 5.13. The van der Waals surface area contributed by atoms with Gasteiger partial charge < -0.3 is 9.88 Å². The van der Waals surface area contributed by atoms with Gasteiger partial charge >= 0.3 is 0 Å². The normalized spacial score (nSPS) is 20.3. The molecular formula is C39H31N3. The number of fused-ring (bicyclic) bond motifs is 8. The standard InChI is InChI=1S/C39H31N3/c1-2-12-27-25-28(20-19-26(27)11-1)42-33-16-6-4-14-31(33)37-34(42)22-21-30-29-13-3-5-15-32(29)39(38(30)37,35-17-7-9-23-40-35)36-18-8-10-24-41-36/h1-3,5-7,9-13,15-17,19-25,36,41H,4,8,14,18H2. The van der Waals surface area contributed by atoms with E-state index in [1.54, 1.807) is 0 Å². The van der Waals surface area contributed by atoms with Crippen molar-refractivity contribution in [3.63, 3.8) is 0 Å². The molecule has 0 radical (unpaired) electrons. The van der Waals surface area contributed by atoms with Crippen LogP contribution in [0.4, 0.5) is 0 Å². The lowest BCUT2D eigenvalue weighted by Crippen LogP contribution is -2.49. The number of nitrogens with one attached hydrogen (secondary N) is 1. The molecule has 3 heteroatoms. The van der Waals surface area contributed by atoms with Crippen molar-refractivity contribution in [2.24, 2.45) is 0 Å². The number of allylic oxidation sites excluding steroid dienone is 2. The van der Waals surface area contributed by atoms with E-state index in [1.165, 1.54) is 60.9 Å². The van der Waals surface area contributed by atoms with Crippen LogP contribution in [0.3, 0.4) is 0 Å². The summed E-state index contributed by atoms with van der Waals surface area (Å²) in [5, 5.41) is 7.78. The second-order valence-electron chi connectivity index (χ2n) is 11.8. The molecule has 2 unspecified atom stereocenters. The van der Waals surface area contributed by atoms with E-state index in [1.807, 2.05) is 12.3 Å². The van der Waals surface area contributed by atoms with Crippen molar-refractivity contribution in [2.45, 2.75) is 37.1 Å². The highest BCUT2D eigenvalue weighted by molar-refractivity contribution is 6.03. The van der Waals surface area contributed by atoms with E-state index in [0.717, 1.165) is 31.4 Å². The monoisotopic (exact) mass is 541 g/mol. The molecule has 6 aromatic rings. The van der Waals surface area contributed by atoms with Gasteiger partial charge in [0.2, 0.25) is 0 Å². The molecule has 1 N–H and O–H groups in total. The fourth-order valence-corrected chi connectivity index (χ4v) is 8.11. The fraction of sp³-hybridized carbons (Fsp3) is 0.154. The van der Waals surface area contributed by atoms with Gasteiger partial charge in [0.1, 0.15) is 0 Å². The zero-order valence-corrected chi connectivity index (χ0v) is 23.4. The van der Waals surface area contributed by atoms with Gasteiger partial charge in [0.25, 0.3) is 0 Å². The van der Waals surface area contributed by atoms with Crippen molar-refractivity contribution in [1.82, 2.24) is 14.9 Å². The van der Waals surface area contributed by atoms with E-state index in [-0.39, 0.29) is 6.04 Å². The zero-order chi connectivity index (χ0) is 27.7. The van der Waals surface area contributed by atoms with E-state index < -0.39 is 5.41 Å². The Morgan fingerprint density at radius 1 is 0.786 bits per heavy atom. The van der Waals surface area contributed by atoms with Crippen LogP contribution < -0.4 is 5.32 Å². The maximum atomic E-state index is 5.14. The first-order valence-corrected chi connectivity index (χ1v) is 15.1. The molecule has 3 aliphatic rings. The van der Waals surface area contributed by atoms with Crippen molar-refractivity contribution in [2.75, 3.05) is 0 Å². The Morgan fingerprint density at radius 3 is 2.55 bits per heavy atom. The van der Waals surface area contributed by atoms with Crippen LogP contribution in [0.1, 0.15) is 47.3 Å². The highest BCUT2D eigenvalue weighted by Crippen LogP contribution is 2.58. The second-order valence-corrected chi connectivity index (χ2v) is 11.8. The predicted octanol–water partition coefficient (Wildman–Crippen LogP) is 8.72. The summed E-state index contributed by atoms with van der Waals surface area (Å²) in [7, 11) is 0. The largest absolute Gasteiger partial charge is 0.387 e. The molecule has 0 bridgehead atoms. The number of hydrogen-bond donors (Lipinski definition) is 1. The van der Waals surface area contributed by atoms with Crippen molar-refractivity contribution >= 4 is 27.8 Å². The van der Waals surface area contributed by atoms with E-state index in [4.69, 9.17) is 4.98 Å². The zero-order valence-electron chi connectivity index (χ0n) is 23.4. The summed E-state index contributed by atoms with van der Waals surface area (Å²) < 4.78 is 2.51. The highest BCUT2D eigenvalue weighted by atomic mass is 15.0. The van der Waals surface area contributed by atoms with Crippen LogP contribution >= 0.6 is 0 Å². The molecule has 0 saturated carbocycles. The number of aryl methyl sites for hydroxylation is 1. The number of hydrogen-bond acceptors (Lipinski definition) is 2. The third-order valence-corrected chi connectivity index (χ3v) is 9.77.